The third-order valence-electron chi connectivity index (χ3n) is 2.95. The van der Waals surface area contributed by atoms with Crippen LogP contribution in [0.15, 0.2) is 18.2 Å². The lowest BCUT2D eigenvalue weighted by molar-refractivity contribution is 0.0784. The molecule has 1 aliphatic heterocycles. The van der Waals surface area contributed by atoms with Crippen molar-refractivity contribution < 1.29 is 9.18 Å². The van der Waals surface area contributed by atoms with Crippen molar-refractivity contribution in [1.82, 2.24) is 4.90 Å². The average molecular weight is 321 g/mol. The highest BCUT2D eigenvalue weighted by atomic mass is 79.9. The average Bonchev–Trinajstić information content (AvgIpc) is 2.76. The summed E-state index contributed by atoms with van der Waals surface area (Å²) in [5.41, 5.74) is 0.102. The maximum Gasteiger partial charge on any atom is 0.256 e. The third kappa shape index (κ3) is 2.80. The lowest BCUT2D eigenvalue weighted by Gasteiger charge is -2.16. The molecule has 2 nitrogen and oxygen atoms in total. The summed E-state index contributed by atoms with van der Waals surface area (Å²) in [6.07, 6.45) is 0.964. The van der Waals surface area contributed by atoms with Crippen LogP contribution >= 0.6 is 27.5 Å². The van der Waals surface area contributed by atoms with Crippen molar-refractivity contribution in [3.63, 3.8) is 0 Å². The first-order valence-electron chi connectivity index (χ1n) is 5.42. The van der Waals surface area contributed by atoms with Gasteiger partial charge in [0.05, 0.1) is 5.56 Å². The van der Waals surface area contributed by atoms with Crippen molar-refractivity contribution in [3.8, 4) is 0 Å². The Morgan fingerprint density at radius 3 is 2.94 bits per heavy atom. The van der Waals surface area contributed by atoms with Gasteiger partial charge in [-0.15, -0.1) is 0 Å². The molecule has 1 amide bonds. The van der Waals surface area contributed by atoms with E-state index in [1.165, 1.54) is 18.2 Å². The van der Waals surface area contributed by atoms with E-state index in [4.69, 9.17) is 11.6 Å². The summed E-state index contributed by atoms with van der Waals surface area (Å²) in [5, 5.41) is 1.18. The number of rotatable bonds is 2. The molecule has 0 bridgehead atoms. The molecule has 2 rings (SSSR count). The molecule has 5 heteroatoms. The highest BCUT2D eigenvalue weighted by molar-refractivity contribution is 9.09. The maximum atomic E-state index is 13.6. The van der Waals surface area contributed by atoms with Crippen LogP contribution in [-0.2, 0) is 0 Å². The topological polar surface area (TPSA) is 20.3 Å². The maximum absolute atomic E-state index is 13.6. The molecular formula is C12H12BrClFNO. The zero-order chi connectivity index (χ0) is 12.4. The van der Waals surface area contributed by atoms with Gasteiger partial charge in [0.1, 0.15) is 5.82 Å². The number of likely N-dealkylation sites (tertiary alicyclic amines) is 1. The predicted molar refractivity (Wildman–Crippen MR) is 69.2 cm³/mol. The Morgan fingerprint density at radius 2 is 2.35 bits per heavy atom. The minimum atomic E-state index is -0.551. The van der Waals surface area contributed by atoms with E-state index in [9.17, 15) is 9.18 Å². The van der Waals surface area contributed by atoms with Crippen molar-refractivity contribution >= 4 is 33.4 Å². The van der Waals surface area contributed by atoms with Gasteiger partial charge in [0.25, 0.3) is 5.91 Å². The smallest absolute Gasteiger partial charge is 0.256 e. The highest BCUT2D eigenvalue weighted by Gasteiger charge is 2.27. The standard InChI is InChI=1S/C12H12BrClFNO/c13-6-8-3-4-16(7-8)12(17)10-2-1-9(14)5-11(10)15/h1-2,5,8H,3-4,6-7H2. The lowest BCUT2D eigenvalue weighted by atomic mass is 10.1. The molecule has 0 radical (unpaired) electrons. The predicted octanol–water partition coefficient (Wildman–Crippen LogP) is 3.34. The van der Waals surface area contributed by atoms with Crippen LogP contribution < -0.4 is 0 Å². The van der Waals surface area contributed by atoms with Crippen LogP contribution in [0.5, 0.6) is 0 Å². The second-order valence-corrected chi connectivity index (χ2v) is 5.27. The van der Waals surface area contributed by atoms with Crippen LogP contribution in [0.4, 0.5) is 4.39 Å². The summed E-state index contributed by atoms with van der Waals surface area (Å²) in [6.45, 7) is 1.38. The van der Waals surface area contributed by atoms with Gasteiger partial charge in [-0.1, -0.05) is 27.5 Å². The van der Waals surface area contributed by atoms with E-state index in [0.29, 0.717) is 24.0 Å². The molecule has 0 aromatic heterocycles. The molecule has 0 aliphatic carbocycles. The fourth-order valence-electron chi connectivity index (χ4n) is 1.98. The van der Waals surface area contributed by atoms with Crippen LogP contribution in [-0.4, -0.2) is 29.2 Å². The molecule has 1 fully saturated rings. The largest absolute Gasteiger partial charge is 0.338 e. The number of carbonyl (C=O) groups is 1. The Labute approximate surface area is 113 Å². The highest BCUT2D eigenvalue weighted by Crippen LogP contribution is 2.22. The summed E-state index contributed by atoms with van der Waals surface area (Å²) in [6, 6.07) is 4.16. The quantitative estimate of drug-likeness (QED) is 0.765. The van der Waals surface area contributed by atoms with Crippen LogP contribution in [0.1, 0.15) is 16.8 Å². The molecule has 92 valence electrons. The number of benzene rings is 1. The van der Waals surface area contributed by atoms with E-state index < -0.39 is 5.82 Å². The minimum Gasteiger partial charge on any atom is -0.338 e. The summed E-state index contributed by atoms with van der Waals surface area (Å²) in [4.78, 5) is 13.8. The zero-order valence-electron chi connectivity index (χ0n) is 9.13. The Balaban J connectivity index is 2.15. The fraction of sp³-hybridized carbons (Fsp3) is 0.417. The van der Waals surface area contributed by atoms with Crippen molar-refractivity contribution in [2.75, 3.05) is 18.4 Å². The van der Waals surface area contributed by atoms with Gasteiger partial charge in [-0.25, -0.2) is 4.39 Å². The lowest BCUT2D eigenvalue weighted by Crippen LogP contribution is -2.29. The molecule has 17 heavy (non-hydrogen) atoms. The summed E-state index contributed by atoms with van der Waals surface area (Å²) in [5.74, 6) is -0.332. The van der Waals surface area contributed by atoms with Crippen LogP contribution in [0.25, 0.3) is 0 Å². The van der Waals surface area contributed by atoms with E-state index in [-0.39, 0.29) is 11.5 Å². The van der Waals surface area contributed by atoms with Gasteiger partial charge in [0.15, 0.2) is 0 Å². The van der Waals surface area contributed by atoms with Gasteiger partial charge >= 0.3 is 0 Å². The van der Waals surface area contributed by atoms with Crippen LogP contribution in [0, 0.1) is 11.7 Å². The zero-order valence-corrected chi connectivity index (χ0v) is 11.5. The van der Waals surface area contributed by atoms with Gasteiger partial charge in [-0.05, 0) is 30.5 Å². The van der Waals surface area contributed by atoms with Crippen molar-refractivity contribution in [1.29, 1.82) is 0 Å². The SMILES string of the molecule is O=C(c1ccc(Cl)cc1F)N1CCC(CBr)C1. The van der Waals surface area contributed by atoms with E-state index in [2.05, 4.69) is 15.9 Å². The van der Waals surface area contributed by atoms with E-state index >= 15 is 0 Å². The van der Waals surface area contributed by atoms with E-state index in [0.717, 1.165) is 11.8 Å². The van der Waals surface area contributed by atoms with Gasteiger partial charge in [-0.3, -0.25) is 4.79 Å². The van der Waals surface area contributed by atoms with Gasteiger partial charge in [-0.2, -0.15) is 0 Å². The number of amides is 1. The first kappa shape index (κ1) is 12.8. The number of hydrogen-bond donors (Lipinski definition) is 0. The Hall–Kier alpha value is -0.610. The Morgan fingerprint density at radius 1 is 1.59 bits per heavy atom. The van der Waals surface area contributed by atoms with Gasteiger partial charge < -0.3 is 4.90 Å². The molecule has 0 N–H and O–H groups in total. The number of nitrogens with zero attached hydrogens (tertiary/aromatic N) is 1. The van der Waals surface area contributed by atoms with Crippen molar-refractivity contribution in [3.05, 3.63) is 34.6 Å². The van der Waals surface area contributed by atoms with Gasteiger partial charge in [0, 0.05) is 23.4 Å². The molecule has 1 atom stereocenters. The molecule has 1 aliphatic rings. The second kappa shape index (κ2) is 5.36. The molecule has 1 heterocycles. The van der Waals surface area contributed by atoms with Crippen molar-refractivity contribution in [2.24, 2.45) is 5.92 Å². The summed E-state index contributed by atoms with van der Waals surface area (Å²) < 4.78 is 13.6. The van der Waals surface area contributed by atoms with Crippen LogP contribution in [0.2, 0.25) is 5.02 Å². The van der Waals surface area contributed by atoms with E-state index in [1.54, 1.807) is 4.90 Å². The summed E-state index contributed by atoms with van der Waals surface area (Å²) >= 11 is 9.06. The fourth-order valence-corrected chi connectivity index (χ4v) is 2.66. The molecule has 1 saturated heterocycles. The Kier molecular flexibility index (Phi) is 4.05. The number of carbonyl (C=O) groups excluding carboxylic acids is 1. The normalized spacial score (nSPS) is 19.7. The minimum absolute atomic E-state index is 0.102. The molecule has 1 unspecified atom stereocenters. The first-order valence-corrected chi connectivity index (χ1v) is 6.92. The second-order valence-electron chi connectivity index (χ2n) is 4.18. The summed E-state index contributed by atoms with van der Waals surface area (Å²) in [7, 11) is 0. The molecule has 0 spiro atoms. The monoisotopic (exact) mass is 319 g/mol. The third-order valence-corrected chi connectivity index (χ3v) is 4.10. The Bertz CT molecular complexity index is 441. The number of alkyl halides is 1. The molecule has 1 aromatic rings. The van der Waals surface area contributed by atoms with Crippen molar-refractivity contribution in [2.45, 2.75) is 6.42 Å². The molecule has 0 saturated carbocycles. The number of hydrogen-bond acceptors (Lipinski definition) is 1. The van der Waals surface area contributed by atoms with E-state index in [1.807, 2.05) is 0 Å². The van der Waals surface area contributed by atoms with Gasteiger partial charge in [0.2, 0.25) is 0 Å². The number of halogens is 3. The molecular weight excluding hydrogens is 308 g/mol. The van der Waals surface area contributed by atoms with Crippen LogP contribution in [0.3, 0.4) is 0 Å². The first-order chi connectivity index (χ1) is 8.11. The molecule has 1 aromatic carbocycles.